The molecule has 1 aromatic heterocycles. The van der Waals surface area contributed by atoms with Crippen LogP contribution in [0.25, 0.3) is 0 Å². The quantitative estimate of drug-likeness (QED) is 0.297. The first-order valence-corrected chi connectivity index (χ1v) is 14.3. The molecule has 4 rings (SSSR count). The van der Waals surface area contributed by atoms with Crippen LogP contribution in [0.4, 0.5) is 0 Å². The van der Waals surface area contributed by atoms with Gasteiger partial charge in [-0.2, -0.15) is 0 Å². The summed E-state index contributed by atoms with van der Waals surface area (Å²) in [5.41, 5.74) is 3.98. The largest absolute Gasteiger partial charge is 0.481 e. The highest BCUT2D eigenvalue weighted by Gasteiger charge is 2.38. The zero-order valence-electron chi connectivity index (χ0n) is 22.4. The Morgan fingerprint density at radius 2 is 1.81 bits per heavy atom. The van der Waals surface area contributed by atoms with Gasteiger partial charge in [-0.3, -0.25) is 9.59 Å². The number of carboxylic acids is 1. The Labute approximate surface area is 225 Å². The van der Waals surface area contributed by atoms with Crippen LogP contribution in [0, 0.1) is 18.8 Å². The number of nitrogens with one attached hydrogen (secondary N) is 1. The summed E-state index contributed by atoms with van der Waals surface area (Å²) in [5, 5.41) is 17.5. The second-order valence-electron chi connectivity index (χ2n) is 11.7. The maximum absolute atomic E-state index is 13.0. The summed E-state index contributed by atoms with van der Waals surface area (Å²) in [5.74, 6) is 2.07. The molecule has 0 radical (unpaired) electrons. The fourth-order valence-electron chi connectivity index (χ4n) is 6.07. The van der Waals surface area contributed by atoms with E-state index in [0.717, 1.165) is 60.1 Å². The minimum Gasteiger partial charge on any atom is -0.481 e. The SMILES string of the molecule is Cc1cc(Cl)cc(CNC(=O)CC(CCC(=O)O)c2noc([C@H]3CC[C@@H](CC(C)C)CC3)c2C2CC2)c1. The van der Waals surface area contributed by atoms with Gasteiger partial charge in [0.1, 0.15) is 5.76 Å². The van der Waals surface area contributed by atoms with Gasteiger partial charge >= 0.3 is 5.97 Å². The summed E-state index contributed by atoms with van der Waals surface area (Å²) < 4.78 is 6.03. The van der Waals surface area contributed by atoms with Crippen LogP contribution in [0.2, 0.25) is 5.02 Å². The van der Waals surface area contributed by atoms with E-state index in [1.165, 1.54) is 24.8 Å². The molecule has 2 aliphatic rings. The molecular weight excluding hydrogens is 488 g/mol. The lowest BCUT2D eigenvalue weighted by Crippen LogP contribution is -2.25. The highest BCUT2D eigenvalue weighted by atomic mass is 35.5. The molecule has 37 heavy (non-hydrogen) atoms. The van der Waals surface area contributed by atoms with Gasteiger partial charge in [0, 0.05) is 41.8 Å². The molecule has 1 unspecified atom stereocenters. The van der Waals surface area contributed by atoms with Crippen molar-refractivity contribution in [3.63, 3.8) is 0 Å². The Balaban J connectivity index is 1.47. The van der Waals surface area contributed by atoms with Gasteiger partial charge in [0.2, 0.25) is 5.91 Å². The number of amides is 1. The predicted molar refractivity (Wildman–Crippen MR) is 145 cm³/mol. The average Bonchev–Trinajstić information content (AvgIpc) is 3.58. The third kappa shape index (κ3) is 7.83. The third-order valence-electron chi connectivity index (χ3n) is 7.91. The summed E-state index contributed by atoms with van der Waals surface area (Å²) >= 11 is 6.16. The molecule has 6 nitrogen and oxygen atoms in total. The average molecular weight is 529 g/mol. The molecule has 7 heteroatoms. The monoisotopic (exact) mass is 528 g/mol. The van der Waals surface area contributed by atoms with Crippen LogP contribution in [-0.2, 0) is 16.1 Å². The Bertz CT molecular complexity index is 1060. The highest BCUT2D eigenvalue weighted by Crippen LogP contribution is 2.50. The number of benzene rings is 1. The molecular formula is C30H41ClN2O4. The van der Waals surface area contributed by atoms with Crippen LogP contribution >= 0.6 is 11.6 Å². The van der Waals surface area contributed by atoms with E-state index < -0.39 is 5.97 Å². The van der Waals surface area contributed by atoms with Crippen LogP contribution in [0.15, 0.2) is 22.7 Å². The number of carbonyl (C=O) groups is 2. The topological polar surface area (TPSA) is 92.4 Å². The number of carbonyl (C=O) groups excluding carboxylic acids is 1. The molecule has 2 aromatic rings. The van der Waals surface area contributed by atoms with Crippen molar-refractivity contribution in [3.05, 3.63) is 51.4 Å². The molecule has 2 aliphatic carbocycles. The van der Waals surface area contributed by atoms with Crippen molar-refractivity contribution in [2.24, 2.45) is 11.8 Å². The first kappa shape index (κ1) is 27.7. The molecule has 0 aliphatic heterocycles. The van der Waals surface area contributed by atoms with Crippen LogP contribution in [0.1, 0.15) is 124 Å². The molecule has 2 N–H and O–H groups in total. The van der Waals surface area contributed by atoms with E-state index in [0.29, 0.717) is 29.8 Å². The smallest absolute Gasteiger partial charge is 0.303 e. The number of rotatable bonds is 12. The molecule has 1 atom stereocenters. The van der Waals surface area contributed by atoms with Crippen molar-refractivity contribution >= 4 is 23.5 Å². The van der Waals surface area contributed by atoms with Gasteiger partial charge < -0.3 is 14.9 Å². The second kappa shape index (κ2) is 12.5. The van der Waals surface area contributed by atoms with Gasteiger partial charge in [-0.05, 0) is 99.3 Å². The Morgan fingerprint density at radius 3 is 2.43 bits per heavy atom. The first-order chi connectivity index (χ1) is 17.7. The molecule has 0 spiro atoms. The summed E-state index contributed by atoms with van der Waals surface area (Å²) in [6.07, 6.45) is 8.73. The van der Waals surface area contributed by atoms with E-state index >= 15 is 0 Å². The zero-order chi connectivity index (χ0) is 26.5. The molecule has 1 aromatic carbocycles. The predicted octanol–water partition coefficient (Wildman–Crippen LogP) is 7.49. The van der Waals surface area contributed by atoms with Gasteiger partial charge in [0.25, 0.3) is 0 Å². The molecule has 1 heterocycles. The van der Waals surface area contributed by atoms with E-state index in [9.17, 15) is 14.7 Å². The fourth-order valence-corrected chi connectivity index (χ4v) is 6.38. The van der Waals surface area contributed by atoms with Crippen molar-refractivity contribution in [2.45, 2.75) is 109 Å². The maximum Gasteiger partial charge on any atom is 0.303 e. The lowest BCUT2D eigenvalue weighted by atomic mass is 9.76. The first-order valence-electron chi connectivity index (χ1n) is 13.9. The number of aromatic nitrogens is 1. The van der Waals surface area contributed by atoms with Crippen molar-refractivity contribution < 1.29 is 19.2 Å². The lowest BCUT2D eigenvalue weighted by Gasteiger charge is -2.28. The molecule has 1 amide bonds. The summed E-state index contributed by atoms with van der Waals surface area (Å²) in [6, 6.07) is 5.73. The number of carboxylic acid groups (broad SMARTS) is 1. The Kier molecular flexibility index (Phi) is 9.33. The zero-order valence-corrected chi connectivity index (χ0v) is 23.2. The third-order valence-corrected chi connectivity index (χ3v) is 8.13. The van der Waals surface area contributed by atoms with Crippen LogP contribution < -0.4 is 5.32 Å². The van der Waals surface area contributed by atoms with Crippen LogP contribution in [0.5, 0.6) is 0 Å². The normalized spacial score (nSPS) is 20.7. The van der Waals surface area contributed by atoms with E-state index in [1.54, 1.807) is 0 Å². The van der Waals surface area contributed by atoms with Crippen molar-refractivity contribution in [3.8, 4) is 0 Å². The van der Waals surface area contributed by atoms with Gasteiger partial charge in [-0.25, -0.2) is 0 Å². The molecule has 0 saturated heterocycles. The van der Waals surface area contributed by atoms with Gasteiger partial charge in [-0.1, -0.05) is 36.7 Å². The Morgan fingerprint density at radius 1 is 1.11 bits per heavy atom. The fraction of sp³-hybridized carbons (Fsp3) is 0.633. The highest BCUT2D eigenvalue weighted by molar-refractivity contribution is 6.30. The van der Waals surface area contributed by atoms with E-state index in [2.05, 4.69) is 24.3 Å². The van der Waals surface area contributed by atoms with Crippen molar-refractivity contribution in [1.29, 1.82) is 0 Å². The second-order valence-corrected chi connectivity index (χ2v) is 12.2. The number of halogens is 1. The van der Waals surface area contributed by atoms with Gasteiger partial charge in [0.05, 0.1) is 5.69 Å². The van der Waals surface area contributed by atoms with Gasteiger partial charge in [0.15, 0.2) is 0 Å². The summed E-state index contributed by atoms with van der Waals surface area (Å²) in [6.45, 7) is 6.94. The molecule has 202 valence electrons. The standard InChI is InChI=1S/C30H41ClN2O4/c1-18(2)12-20-4-6-23(7-5-20)30-28(22-8-9-22)29(33-37-30)24(10-11-27(35)36)16-26(34)32-17-21-13-19(3)14-25(31)15-21/h13-15,18,20,22-24H,4-12,16-17H2,1-3H3,(H,32,34)(H,35,36)/t20-,23+,24?. The molecule has 0 bridgehead atoms. The van der Waals surface area contributed by atoms with E-state index in [1.807, 2.05) is 25.1 Å². The number of hydrogen-bond acceptors (Lipinski definition) is 4. The minimum atomic E-state index is -0.861. The van der Waals surface area contributed by atoms with E-state index in [4.69, 9.17) is 16.1 Å². The molecule has 2 fully saturated rings. The maximum atomic E-state index is 13.0. The van der Waals surface area contributed by atoms with Crippen molar-refractivity contribution in [2.75, 3.05) is 0 Å². The number of hydrogen-bond donors (Lipinski definition) is 2. The Hall–Kier alpha value is -2.34. The lowest BCUT2D eigenvalue weighted by molar-refractivity contribution is -0.137. The number of aliphatic carboxylic acids is 1. The van der Waals surface area contributed by atoms with Gasteiger partial charge in [-0.15, -0.1) is 0 Å². The van der Waals surface area contributed by atoms with Crippen LogP contribution in [-0.4, -0.2) is 22.1 Å². The van der Waals surface area contributed by atoms with E-state index in [-0.39, 0.29) is 24.7 Å². The van der Waals surface area contributed by atoms with Crippen molar-refractivity contribution in [1.82, 2.24) is 10.5 Å². The minimum absolute atomic E-state index is 0.00194. The summed E-state index contributed by atoms with van der Waals surface area (Å²) in [4.78, 5) is 24.4. The molecule has 2 saturated carbocycles. The van der Waals surface area contributed by atoms with Crippen LogP contribution in [0.3, 0.4) is 0 Å². The number of nitrogens with zero attached hydrogens (tertiary/aromatic N) is 1. The number of aryl methyl sites for hydroxylation is 1. The summed E-state index contributed by atoms with van der Waals surface area (Å²) in [7, 11) is 0.